The van der Waals surface area contributed by atoms with Gasteiger partial charge in [-0.05, 0) is 49.6 Å². The van der Waals surface area contributed by atoms with E-state index in [0.717, 1.165) is 31.5 Å². The van der Waals surface area contributed by atoms with Gasteiger partial charge in [-0.25, -0.2) is 4.98 Å². The zero-order chi connectivity index (χ0) is 16.2. The van der Waals surface area contributed by atoms with Crippen molar-refractivity contribution in [2.24, 2.45) is 11.7 Å². The summed E-state index contributed by atoms with van der Waals surface area (Å²) in [5, 5.41) is 0.664. The smallest absolute Gasteiger partial charge is 0.228 e. The second-order valence-corrected chi connectivity index (χ2v) is 6.32. The van der Waals surface area contributed by atoms with E-state index in [1.807, 2.05) is 17.0 Å². The minimum Gasteiger partial charge on any atom is -0.444 e. The fourth-order valence-electron chi connectivity index (χ4n) is 2.80. The fourth-order valence-corrected chi connectivity index (χ4v) is 2.92. The molecule has 6 heteroatoms. The number of oxazole rings is 1. The van der Waals surface area contributed by atoms with Crippen LogP contribution in [0.3, 0.4) is 0 Å². The summed E-state index contributed by atoms with van der Waals surface area (Å²) >= 11 is 5.87. The lowest BCUT2D eigenvalue weighted by Gasteiger charge is -2.31. The second-order valence-electron chi connectivity index (χ2n) is 5.89. The number of aromatic nitrogens is 1. The number of likely N-dealkylation sites (tertiary alicyclic amines) is 1. The molecule has 0 aliphatic carbocycles. The first-order valence-electron chi connectivity index (χ1n) is 7.84. The Morgan fingerprint density at radius 2 is 2.00 bits per heavy atom. The fraction of sp³-hybridized carbons (Fsp3) is 0.412. The highest BCUT2D eigenvalue weighted by atomic mass is 35.5. The van der Waals surface area contributed by atoms with Crippen molar-refractivity contribution in [1.82, 2.24) is 9.88 Å². The lowest BCUT2D eigenvalue weighted by molar-refractivity contribution is -0.131. The number of piperidine rings is 1. The van der Waals surface area contributed by atoms with E-state index < -0.39 is 0 Å². The molecular weight excluding hydrogens is 314 g/mol. The van der Waals surface area contributed by atoms with Crippen LogP contribution in [-0.4, -0.2) is 35.4 Å². The van der Waals surface area contributed by atoms with Gasteiger partial charge in [0.25, 0.3) is 0 Å². The number of hydrogen-bond acceptors (Lipinski definition) is 4. The van der Waals surface area contributed by atoms with Crippen LogP contribution in [0.4, 0.5) is 0 Å². The molecule has 1 fully saturated rings. The molecule has 1 aromatic carbocycles. The van der Waals surface area contributed by atoms with E-state index in [1.54, 1.807) is 18.4 Å². The zero-order valence-electron chi connectivity index (χ0n) is 12.9. The van der Waals surface area contributed by atoms with Gasteiger partial charge in [0.2, 0.25) is 11.8 Å². The quantitative estimate of drug-likeness (QED) is 0.933. The van der Waals surface area contributed by atoms with Crippen LogP contribution in [0.1, 0.15) is 18.5 Å². The maximum atomic E-state index is 12.3. The Morgan fingerprint density at radius 1 is 1.30 bits per heavy atom. The first-order valence-corrected chi connectivity index (χ1v) is 8.21. The molecule has 122 valence electrons. The number of nitrogens with zero attached hydrogens (tertiary/aromatic N) is 2. The molecule has 3 rings (SSSR count). The average molecular weight is 334 g/mol. The third-order valence-electron chi connectivity index (χ3n) is 4.28. The van der Waals surface area contributed by atoms with Crippen LogP contribution in [0.5, 0.6) is 0 Å². The van der Waals surface area contributed by atoms with Crippen LogP contribution in [0.25, 0.3) is 11.5 Å². The highest BCUT2D eigenvalue weighted by Gasteiger charge is 2.22. The maximum absolute atomic E-state index is 12.3. The molecule has 5 nitrogen and oxygen atoms in total. The van der Waals surface area contributed by atoms with Crippen LogP contribution in [0.2, 0.25) is 5.02 Å². The number of halogens is 1. The zero-order valence-corrected chi connectivity index (χ0v) is 13.6. The summed E-state index contributed by atoms with van der Waals surface area (Å²) in [5.41, 5.74) is 7.18. The van der Waals surface area contributed by atoms with Crippen molar-refractivity contribution >= 4 is 17.5 Å². The Labute approximate surface area is 140 Å². The van der Waals surface area contributed by atoms with Gasteiger partial charge in [0.1, 0.15) is 6.26 Å². The molecule has 0 radical (unpaired) electrons. The third kappa shape index (κ3) is 3.92. The highest BCUT2D eigenvalue weighted by molar-refractivity contribution is 6.30. The number of carbonyl (C=O) groups excluding carboxylic acids is 1. The van der Waals surface area contributed by atoms with Gasteiger partial charge in [-0.2, -0.15) is 0 Å². The van der Waals surface area contributed by atoms with Crippen molar-refractivity contribution in [1.29, 1.82) is 0 Å². The molecule has 2 N–H and O–H groups in total. The lowest BCUT2D eigenvalue weighted by Crippen LogP contribution is -2.40. The molecular formula is C17H20ClN3O2. The van der Waals surface area contributed by atoms with Crippen molar-refractivity contribution in [3.05, 3.63) is 41.2 Å². The lowest BCUT2D eigenvalue weighted by atomic mass is 9.97. The van der Waals surface area contributed by atoms with E-state index in [4.69, 9.17) is 21.8 Å². The van der Waals surface area contributed by atoms with E-state index in [2.05, 4.69) is 4.98 Å². The third-order valence-corrected chi connectivity index (χ3v) is 4.53. The van der Waals surface area contributed by atoms with Gasteiger partial charge in [0.15, 0.2) is 0 Å². The van der Waals surface area contributed by atoms with Crippen molar-refractivity contribution in [3.8, 4) is 11.5 Å². The Bertz CT molecular complexity index is 661. The number of rotatable bonds is 4. The molecule has 1 amide bonds. The molecule has 1 aliphatic heterocycles. The number of amides is 1. The van der Waals surface area contributed by atoms with Crippen LogP contribution < -0.4 is 5.73 Å². The monoisotopic (exact) mass is 333 g/mol. The van der Waals surface area contributed by atoms with E-state index in [1.165, 1.54) is 0 Å². The minimum absolute atomic E-state index is 0.0939. The molecule has 2 aromatic rings. The van der Waals surface area contributed by atoms with Crippen LogP contribution in [0.15, 0.2) is 34.9 Å². The van der Waals surface area contributed by atoms with Crippen molar-refractivity contribution in [2.45, 2.75) is 19.3 Å². The Balaban J connectivity index is 1.60. The molecule has 0 atom stereocenters. The molecule has 1 aromatic heterocycles. The Kier molecular flexibility index (Phi) is 4.98. The molecule has 1 aliphatic rings. The second kappa shape index (κ2) is 7.15. The van der Waals surface area contributed by atoms with Gasteiger partial charge in [0.05, 0.1) is 12.1 Å². The number of nitrogens with two attached hydrogens (primary N) is 1. The summed E-state index contributed by atoms with van der Waals surface area (Å²) in [6.07, 6.45) is 3.78. The van der Waals surface area contributed by atoms with Crippen molar-refractivity contribution in [2.75, 3.05) is 19.6 Å². The average Bonchev–Trinajstić information content (AvgIpc) is 3.04. The normalized spacial score (nSPS) is 15.8. The standard InChI is InChI=1S/C17H20ClN3O2/c18-14-3-1-13(2-4-14)17-20-15(11-23-17)9-16(22)21-7-5-12(10-19)6-8-21/h1-4,11-12H,5-10,19H2. The number of benzene rings is 1. The molecule has 0 unspecified atom stereocenters. The van der Waals surface area contributed by atoms with Gasteiger partial charge < -0.3 is 15.1 Å². The topological polar surface area (TPSA) is 72.4 Å². The summed E-state index contributed by atoms with van der Waals surface area (Å²) < 4.78 is 5.47. The molecule has 0 spiro atoms. The summed E-state index contributed by atoms with van der Waals surface area (Å²) in [4.78, 5) is 18.6. The van der Waals surface area contributed by atoms with Gasteiger partial charge in [-0.3, -0.25) is 4.79 Å². The van der Waals surface area contributed by atoms with Gasteiger partial charge in [-0.15, -0.1) is 0 Å². The predicted molar refractivity (Wildman–Crippen MR) is 89.0 cm³/mol. The molecule has 1 saturated heterocycles. The first-order chi connectivity index (χ1) is 11.2. The summed E-state index contributed by atoms with van der Waals surface area (Å²) in [6, 6.07) is 7.26. The SMILES string of the molecule is NCC1CCN(C(=O)Cc2coc(-c3ccc(Cl)cc3)n2)CC1. The van der Waals surface area contributed by atoms with E-state index in [-0.39, 0.29) is 12.3 Å². The molecule has 23 heavy (non-hydrogen) atoms. The Morgan fingerprint density at radius 3 is 2.65 bits per heavy atom. The first kappa shape index (κ1) is 16.0. The Hall–Kier alpha value is -1.85. The summed E-state index contributed by atoms with van der Waals surface area (Å²) in [5.74, 6) is 1.14. The van der Waals surface area contributed by atoms with Gasteiger partial charge in [-0.1, -0.05) is 11.6 Å². The number of hydrogen-bond donors (Lipinski definition) is 1. The molecule has 0 saturated carbocycles. The van der Waals surface area contributed by atoms with E-state index >= 15 is 0 Å². The van der Waals surface area contributed by atoms with Gasteiger partial charge >= 0.3 is 0 Å². The van der Waals surface area contributed by atoms with Crippen LogP contribution >= 0.6 is 11.6 Å². The largest absolute Gasteiger partial charge is 0.444 e. The predicted octanol–water partition coefficient (Wildman–Crippen LogP) is 2.73. The van der Waals surface area contributed by atoms with Crippen molar-refractivity contribution < 1.29 is 9.21 Å². The maximum Gasteiger partial charge on any atom is 0.228 e. The minimum atomic E-state index is 0.0939. The van der Waals surface area contributed by atoms with Gasteiger partial charge in [0, 0.05) is 23.7 Å². The summed E-state index contributed by atoms with van der Waals surface area (Å²) in [6.45, 7) is 2.26. The number of carbonyl (C=O) groups is 1. The van der Waals surface area contributed by atoms with E-state index in [0.29, 0.717) is 29.1 Å². The van der Waals surface area contributed by atoms with Crippen LogP contribution in [0, 0.1) is 5.92 Å². The molecule has 0 bridgehead atoms. The van der Waals surface area contributed by atoms with Crippen molar-refractivity contribution in [3.63, 3.8) is 0 Å². The highest BCUT2D eigenvalue weighted by Crippen LogP contribution is 2.22. The van der Waals surface area contributed by atoms with Crippen LogP contribution in [-0.2, 0) is 11.2 Å². The summed E-state index contributed by atoms with van der Waals surface area (Å²) in [7, 11) is 0. The molecule has 2 heterocycles. The van der Waals surface area contributed by atoms with E-state index in [9.17, 15) is 4.79 Å².